The molecule has 1 atom stereocenters. The van der Waals surface area contributed by atoms with Gasteiger partial charge in [0.1, 0.15) is 0 Å². The number of allylic oxidation sites excluding steroid dienone is 1. The molecule has 5 heteroatoms. The van der Waals surface area contributed by atoms with E-state index in [-0.39, 0.29) is 11.7 Å². The summed E-state index contributed by atoms with van der Waals surface area (Å²) >= 11 is 21.4. The lowest BCUT2D eigenvalue weighted by Crippen LogP contribution is -2.17. The van der Waals surface area contributed by atoms with Gasteiger partial charge in [0.25, 0.3) is 0 Å². The second-order valence-corrected chi connectivity index (χ2v) is 9.34. The molecule has 2 rings (SSSR count). The summed E-state index contributed by atoms with van der Waals surface area (Å²) in [6.45, 7) is 3.89. The van der Waals surface area contributed by atoms with Crippen LogP contribution in [0.25, 0.3) is 4.48 Å². The van der Waals surface area contributed by atoms with Crippen LogP contribution in [0.2, 0.25) is 0 Å². The van der Waals surface area contributed by atoms with Crippen LogP contribution in [0, 0.1) is 11.3 Å². The number of carbonyl (C=O) groups excluding carboxylic acids is 1. The van der Waals surface area contributed by atoms with Gasteiger partial charge in [-0.15, -0.1) is 0 Å². The molecule has 0 radical (unpaired) electrons. The molecule has 1 saturated carbocycles. The minimum Gasteiger partial charge on any atom is -0.294 e. The highest BCUT2D eigenvalue weighted by Crippen LogP contribution is 2.50. The molecule has 0 aliphatic heterocycles. The van der Waals surface area contributed by atoms with Gasteiger partial charge in [-0.05, 0) is 33.8 Å². The number of Topliss-reactive ketones (excluding diaryl/α,β-unsaturated/α-hetero) is 1. The normalized spacial score (nSPS) is 24.3. The van der Waals surface area contributed by atoms with Crippen LogP contribution in [0.3, 0.4) is 0 Å². The SMILES string of the molecule is CC1(C)C[C@@H](CC(Cl)(Cl)Cl)/C(=C(\Br)c2ccccc2)C1=O. The number of halogens is 4. The molecule has 0 unspecified atom stereocenters. The molecule has 1 aliphatic rings. The molecule has 1 aromatic rings. The summed E-state index contributed by atoms with van der Waals surface area (Å²) in [7, 11) is 0. The first-order valence-corrected chi connectivity index (χ1v) is 8.61. The van der Waals surface area contributed by atoms with Crippen LogP contribution < -0.4 is 0 Å². The van der Waals surface area contributed by atoms with E-state index in [1.165, 1.54) is 0 Å². The first-order chi connectivity index (χ1) is 9.62. The van der Waals surface area contributed by atoms with Gasteiger partial charge in [0.2, 0.25) is 0 Å². The number of benzene rings is 1. The van der Waals surface area contributed by atoms with Gasteiger partial charge in [-0.1, -0.05) is 79.0 Å². The lowest BCUT2D eigenvalue weighted by molar-refractivity contribution is -0.121. The molecule has 1 nitrogen and oxygen atoms in total. The molecule has 0 N–H and O–H groups in total. The molecule has 0 amide bonds. The van der Waals surface area contributed by atoms with Crippen molar-refractivity contribution in [2.24, 2.45) is 11.3 Å². The third-order valence-corrected chi connectivity index (χ3v) is 5.11. The van der Waals surface area contributed by atoms with Gasteiger partial charge >= 0.3 is 0 Å². The molecule has 114 valence electrons. The van der Waals surface area contributed by atoms with Crippen LogP contribution in [0.15, 0.2) is 35.9 Å². The smallest absolute Gasteiger partial charge is 0.191 e. The highest BCUT2D eigenvalue weighted by Gasteiger charge is 2.46. The van der Waals surface area contributed by atoms with Crippen molar-refractivity contribution < 1.29 is 4.79 Å². The number of alkyl halides is 3. The molecule has 1 aromatic carbocycles. The van der Waals surface area contributed by atoms with Crippen molar-refractivity contribution in [2.45, 2.75) is 30.5 Å². The summed E-state index contributed by atoms with van der Waals surface area (Å²) in [5.41, 5.74) is 1.27. The van der Waals surface area contributed by atoms with Crippen LogP contribution >= 0.6 is 50.7 Å². The fraction of sp³-hybridized carbons (Fsp3) is 0.438. The van der Waals surface area contributed by atoms with E-state index in [2.05, 4.69) is 15.9 Å². The summed E-state index contributed by atoms with van der Waals surface area (Å²) in [6, 6.07) is 9.73. The van der Waals surface area contributed by atoms with Gasteiger partial charge in [-0.25, -0.2) is 0 Å². The molecule has 1 fully saturated rings. The van der Waals surface area contributed by atoms with Crippen molar-refractivity contribution in [1.29, 1.82) is 0 Å². The molecule has 0 bridgehead atoms. The van der Waals surface area contributed by atoms with Gasteiger partial charge < -0.3 is 0 Å². The Morgan fingerprint density at radius 3 is 2.38 bits per heavy atom. The van der Waals surface area contributed by atoms with Crippen LogP contribution in [-0.4, -0.2) is 9.58 Å². The Bertz CT molecular complexity index is 573. The largest absolute Gasteiger partial charge is 0.294 e. The summed E-state index contributed by atoms with van der Waals surface area (Å²) in [4.78, 5) is 12.7. The lowest BCUT2D eigenvalue weighted by atomic mass is 9.89. The standard InChI is InChI=1S/C16H16BrCl3O/c1-15(2)8-11(9-16(18,19)20)12(14(15)21)13(17)10-6-4-3-5-7-10/h3-7,11H,8-9H2,1-2H3/b13-12+/t11-/m0/s1. The molecule has 0 saturated heterocycles. The van der Waals surface area contributed by atoms with E-state index in [4.69, 9.17) is 34.8 Å². The van der Waals surface area contributed by atoms with Crippen LogP contribution in [-0.2, 0) is 4.79 Å². The second kappa shape index (κ2) is 6.23. The second-order valence-electron chi connectivity index (χ2n) is 6.03. The molecule has 1 aliphatic carbocycles. The Hall–Kier alpha value is -0.0200. The van der Waals surface area contributed by atoms with E-state index in [1.807, 2.05) is 44.2 Å². The van der Waals surface area contributed by atoms with Gasteiger partial charge in [0.15, 0.2) is 9.58 Å². The predicted octanol–water partition coefficient (Wildman–Crippen LogP) is 6.17. The number of hydrogen-bond donors (Lipinski definition) is 0. The molecule has 0 spiro atoms. The Kier molecular flexibility index (Phi) is 5.15. The highest BCUT2D eigenvalue weighted by molar-refractivity contribution is 9.15. The van der Waals surface area contributed by atoms with E-state index in [0.717, 1.165) is 15.6 Å². The molecular weight excluding hydrogens is 394 g/mol. The third-order valence-electron chi connectivity index (χ3n) is 3.77. The minimum absolute atomic E-state index is 0.0606. The Balaban J connectivity index is 2.48. The predicted molar refractivity (Wildman–Crippen MR) is 94.1 cm³/mol. The zero-order chi connectivity index (χ0) is 15.8. The fourth-order valence-electron chi connectivity index (χ4n) is 2.83. The van der Waals surface area contributed by atoms with E-state index < -0.39 is 9.21 Å². The maximum Gasteiger partial charge on any atom is 0.191 e. The zero-order valence-corrected chi connectivity index (χ0v) is 15.7. The number of ketones is 1. The first kappa shape index (κ1) is 17.3. The maximum atomic E-state index is 12.7. The Labute approximate surface area is 148 Å². The summed E-state index contributed by atoms with van der Waals surface area (Å²) in [6.07, 6.45) is 1.03. The average Bonchev–Trinajstić information content (AvgIpc) is 2.58. The van der Waals surface area contributed by atoms with Gasteiger partial charge in [0, 0.05) is 21.9 Å². The first-order valence-electron chi connectivity index (χ1n) is 6.68. The van der Waals surface area contributed by atoms with E-state index in [0.29, 0.717) is 12.8 Å². The molecule has 21 heavy (non-hydrogen) atoms. The number of carbonyl (C=O) groups is 1. The van der Waals surface area contributed by atoms with Crippen molar-refractivity contribution in [2.75, 3.05) is 0 Å². The third kappa shape index (κ3) is 4.04. The van der Waals surface area contributed by atoms with Gasteiger partial charge in [-0.3, -0.25) is 4.79 Å². The zero-order valence-electron chi connectivity index (χ0n) is 11.8. The van der Waals surface area contributed by atoms with Crippen LogP contribution in [0.4, 0.5) is 0 Å². The number of hydrogen-bond acceptors (Lipinski definition) is 1. The van der Waals surface area contributed by atoms with Crippen molar-refractivity contribution in [3.63, 3.8) is 0 Å². The quantitative estimate of drug-likeness (QED) is 0.421. The van der Waals surface area contributed by atoms with E-state index >= 15 is 0 Å². The Morgan fingerprint density at radius 2 is 1.86 bits per heavy atom. The fourth-order valence-corrected chi connectivity index (χ4v) is 4.16. The van der Waals surface area contributed by atoms with Crippen molar-refractivity contribution >= 4 is 61.0 Å². The molecule has 0 aromatic heterocycles. The highest BCUT2D eigenvalue weighted by atomic mass is 79.9. The summed E-state index contributed by atoms with van der Waals surface area (Å²) in [5.74, 6) is 0.0621. The van der Waals surface area contributed by atoms with Crippen molar-refractivity contribution in [3.05, 3.63) is 41.5 Å². The molecular formula is C16H16BrCl3O. The number of rotatable bonds is 2. The topological polar surface area (TPSA) is 17.1 Å². The average molecular weight is 411 g/mol. The molecule has 0 heterocycles. The van der Waals surface area contributed by atoms with Crippen LogP contribution in [0.1, 0.15) is 32.3 Å². The van der Waals surface area contributed by atoms with Gasteiger partial charge in [0.05, 0.1) is 0 Å². The van der Waals surface area contributed by atoms with Crippen LogP contribution in [0.5, 0.6) is 0 Å². The van der Waals surface area contributed by atoms with Gasteiger partial charge in [-0.2, -0.15) is 0 Å². The van der Waals surface area contributed by atoms with E-state index in [9.17, 15) is 4.79 Å². The monoisotopic (exact) mass is 408 g/mol. The van der Waals surface area contributed by atoms with Crippen molar-refractivity contribution in [1.82, 2.24) is 0 Å². The Morgan fingerprint density at radius 1 is 1.29 bits per heavy atom. The lowest BCUT2D eigenvalue weighted by Gasteiger charge is -2.19. The van der Waals surface area contributed by atoms with E-state index in [1.54, 1.807) is 0 Å². The minimum atomic E-state index is -1.36. The van der Waals surface area contributed by atoms with Crippen molar-refractivity contribution in [3.8, 4) is 0 Å². The summed E-state index contributed by atoms with van der Waals surface area (Å²) < 4.78 is -0.557. The maximum absolute atomic E-state index is 12.7. The summed E-state index contributed by atoms with van der Waals surface area (Å²) in [5, 5.41) is 0.